The largest absolute Gasteiger partial charge is 0.330 e. The summed E-state index contributed by atoms with van der Waals surface area (Å²) in [5, 5.41) is 0. The first-order valence-electron chi connectivity index (χ1n) is 6.35. The number of rotatable bonds is 5. The monoisotopic (exact) mass is 244 g/mol. The molecule has 2 heterocycles. The van der Waals surface area contributed by atoms with Crippen LogP contribution in [-0.2, 0) is 13.0 Å². The van der Waals surface area contributed by atoms with Gasteiger partial charge in [-0.15, -0.1) is 0 Å². The van der Waals surface area contributed by atoms with Gasteiger partial charge in [-0.25, -0.2) is 4.98 Å². The van der Waals surface area contributed by atoms with Crippen LogP contribution in [0.3, 0.4) is 0 Å². The molecular weight excluding hydrogens is 224 g/mol. The summed E-state index contributed by atoms with van der Waals surface area (Å²) >= 11 is 0. The molecule has 0 aliphatic heterocycles. The number of hydrogen-bond donors (Lipinski definition) is 1. The Balaban J connectivity index is 2.12. The van der Waals surface area contributed by atoms with Gasteiger partial charge in [0, 0.05) is 37.3 Å². The fourth-order valence-corrected chi connectivity index (χ4v) is 1.95. The molecule has 1 unspecified atom stereocenters. The van der Waals surface area contributed by atoms with Crippen LogP contribution in [0, 0.1) is 6.92 Å². The van der Waals surface area contributed by atoms with E-state index in [0.29, 0.717) is 0 Å². The number of nitrogens with two attached hydrogens (primary N) is 1. The number of nitrogens with zero attached hydrogens (tertiary/aromatic N) is 3. The van der Waals surface area contributed by atoms with E-state index in [2.05, 4.69) is 34.4 Å². The van der Waals surface area contributed by atoms with Crippen molar-refractivity contribution >= 4 is 0 Å². The van der Waals surface area contributed by atoms with Gasteiger partial charge in [-0.3, -0.25) is 4.98 Å². The zero-order valence-electron chi connectivity index (χ0n) is 11.0. The molecule has 0 aliphatic carbocycles. The molecule has 4 nitrogen and oxygen atoms in total. The molecule has 1 atom stereocenters. The zero-order chi connectivity index (χ0) is 13.0. The van der Waals surface area contributed by atoms with Crippen LogP contribution >= 0.6 is 0 Å². The van der Waals surface area contributed by atoms with Crippen molar-refractivity contribution in [1.82, 2.24) is 14.5 Å². The first kappa shape index (κ1) is 12.8. The lowest BCUT2D eigenvalue weighted by molar-refractivity contribution is 0.597. The molecule has 2 aromatic heterocycles. The van der Waals surface area contributed by atoms with Crippen LogP contribution in [0.5, 0.6) is 0 Å². The first-order chi connectivity index (χ1) is 8.69. The molecule has 0 amide bonds. The second-order valence-corrected chi connectivity index (χ2v) is 4.71. The quantitative estimate of drug-likeness (QED) is 0.874. The van der Waals surface area contributed by atoms with Crippen molar-refractivity contribution in [3.8, 4) is 0 Å². The number of aromatic nitrogens is 3. The fraction of sp³-hybridized carbons (Fsp3) is 0.429. The molecule has 0 saturated heterocycles. The predicted octanol–water partition coefficient (Wildman–Crippen LogP) is 1.91. The molecule has 18 heavy (non-hydrogen) atoms. The van der Waals surface area contributed by atoms with Crippen LogP contribution in [0.15, 0.2) is 30.9 Å². The summed E-state index contributed by atoms with van der Waals surface area (Å²) in [5.41, 5.74) is 8.36. The number of hydrogen-bond acceptors (Lipinski definition) is 3. The summed E-state index contributed by atoms with van der Waals surface area (Å²) in [7, 11) is 0. The second kappa shape index (κ2) is 5.78. The van der Waals surface area contributed by atoms with Crippen molar-refractivity contribution in [3.63, 3.8) is 0 Å². The van der Waals surface area contributed by atoms with Gasteiger partial charge in [-0.05, 0) is 24.5 Å². The van der Waals surface area contributed by atoms with Crippen molar-refractivity contribution in [2.75, 3.05) is 0 Å². The third-order valence-electron chi connectivity index (χ3n) is 3.06. The highest BCUT2D eigenvalue weighted by atomic mass is 15.1. The van der Waals surface area contributed by atoms with E-state index >= 15 is 0 Å². The van der Waals surface area contributed by atoms with Gasteiger partial charge in [-0.1, -0.05) is 13.0 Å². The Morgan fingerprint density at radius 3 is 2.94 bits per heavy atom. The molecule has 0 fully saturated rings. The lowest BCUT2D eigenvalue weighted by atomic mass is 10.1. The van der Waals surface area contributed by atoms with E-state index in [-0.39, 0.29) is 6.04 Å². The molecule has 0 aromatic carbocycles. The van der Waals surface area contributed by atoms with E-state index in [1.54, 1.807) is 0 Å². The molecule has 0 bridgehead atoms. The molecule has 2 aromatic rings. The summed E-state index contributed by atoms with van der Waals surface area (Å²) in [4.78, 5) is 8.60. The van der Waals surface area contributed by atoms with Crippen LogP contribution in [0.25, 0.3) is 0 Å². The van der Waals surface area contributed by atoms with E-state index < -0.39 is 0 Å². The molecule has 0 saturated carbocycles. The molecule has 0 radical (unpaired) electrons. The maximum atomic E-state index is 5.98. The second-order valence-electron chi connectivity index (χ2n) is 4.71. The van der Waals surface area contributed by atoms with Crippen LogP contribution in [-0.4, -0.2) is 20.6 Å². The minimum atomic E-state index is 0.182. The minimum absolute atomic E-state index is 0.182. The summed E-state index contributed by atoms with van der Waals surface area (Å²) in [6.07, 6.45) is 9.39. The molecular formula is C14H20N4. The third-order valence-corrected chi connectivity index (χ3v) is 3.06. The smallest absolute Gasteiger partial charge is 0.110 e. The topological polar surface area (TPSA) is 56.7 Å². The van der Waals surface area contributed by atoms with E-state index in [1.165, 1.54) is 11.1 Å². The van der Waals surface area contributed by atoms with Gasteiger partial charge >= 0.3 is 0 Å². The maximum absolute atomic E-state index is 5.98. The lowest BCUT2D eigenvalue weighted by Crippen LogP contribution is -2.23. The predicted molar refractivity (Wildman–Crippen MR) is 72.3 cm³/mol. The third kappa shape index (κ3) is 3.17. The maximum Gasteiger partial charge on any atom is 0.110 e. The van der Waals surface area contributed by atoms with Gasteiger partial charge in [0.25, 0.3) is 0 Å². The van der Waals surface area contributed by atoms with E-state index in [0.717, 1.165) is 25.2 Å². The Morgan fingerprint density at radius 2 is 2.22 bits per heavy atom. The van der Waals surface area contributed by atoms with Gasteiger partial charge in [0.15, 0.2) is 0 Å². The number of imidazole rings is 1. The Bertz CT molecular complexity index is 504. The highest BCUT2D eigenvalue weighted by Crippen LogP contribution is 2.08. The Morgan fingerprint density at radius 1 is 1.39 bits per heavy atom. The molecule has 4 heteroatoms. The van der Waals surface area contributed by atoms with Crippen molar-refractivity contribution in [2.24, 2.45) is 5.73 Å². The Hall–Kier alpha value is -1.68. The van der Waals surface area contributed by atoms with E-state index in [1.807, 2.05) is 24.8 Å². The summed E-state index contributed by atoms with van der Waals surface area (Å²) in [5.74, 6) is 1.05. The molecule has 2 N–H and O–H groups in total. The normalized spacial score (nSPS) is 12.6. The van der Waals surface area contributed by atoms with Crippen LogP contribution in [0.4, 0.5) is 0 Å². The van der Waals surface area contributed by atoms with Gasteiger partial charge < -0.3 is 10.3 Å². The SMILES string of the molecule is CCC(N)Cc1nccn1Cc1cncc(C)c1. The average Bonchev–Trinajstić information content (AvgIpc) is 2.76. The molecule has 0 aliphatic rings. The van der Waals surface area contributed by atoms with Crippen LogP contribution in [0.1, 0.15) is 30.3 Å². The van der Waals surface area contributed by atoms with Crippen LogP contribution in [0.2, 0.25) is 0 Å². The van der Waals surface area contributed by atoms with E-state index in [9.17, 15) is 0 Å². The van der Waals surface area contributed by atoms with Gasteiger partial charge in [0.05, 0.1) is 6.54 Å². The van der Waals surface area contributed by atoms with Gasteiger partial charge in [0.2, 0.25) is 0 Å². The summed E-state index contributed by atoms with van der Waals surface area (Å²) in [6.45, 7) is 4.96. The molecule has 2 rings (SSSR count). The average molecular weight is 244 g/mol. The number of aryl methyl sites for hydroxylation is 1. The lowest BCUT2D eigenvalue weighted by Gasteiger charge is -2.11. The first-order valence-corrected chi connectivity index (χ1v) is 6.35. The van der Waals surface area contributed by atoms with E-state index in [4.69, 9.17) is 5.73 Å². The molecule has 0 spiro atoms. The van der Waals surface area contributed by atoms with Gasteiger partial charge in [-0.2, -0.15) is 0 Å². The highest BCUT2D eigenvalue weighted by Gasteiger charge is 2.08. The summed E-state index contributed by atoms with van der Waals surface area (Å²) in [6, 6.07) is 2.33. The van der Waals surface area contributed by atoms with Crippen LogP contribution < -0.4 is 5.73 Å². The standard InChI is InChI=1S/C14H20N4/c1-3-13(15)7-14-17-4-5-18(14)10-12-6-11(2)8-16-9-12/h4-6,8-9,13H,3,7,10,15H2,1-2H3. The Labute approximate surface area is 108 Å². The molecule has 96 valence electrons. The van der Waals surface area contributed by atoms with Crippen molar-refractivity contribution in [3.05, 3.63) is 47.8 Å². The Kier molecular flexibility index (Phi) is 4.10. The van der Waals surface area contributed by atoms with Crippen molar-refractivity contribution in [2.45, 2.75) is 39.3 Å². The van der Waals surface area contributed by atoms with Gasteiger partial charge in [0.1, 0.15) is 5.82 Å². The zero-order valence-corrected chi connectivity index (χ0v) is 11.0. The minimum Gasteiger partial charge on any atom is -0.330 e. The van der Waals surface area contributed by atoms with Crippen molar-refractivity contribution < 1.29 is 0 Å². The highest BCUT2D eigenvalue weighted by molar-refractivity contribution is 5.17. The fourth-order valence-electron chi connectivity index (χ4n) is 1.95. The van der Waals surface area contributed by atoms with Crippen molar-refractivity contribution in [1.29, 1.82) is 0 Å². The number of pyridine rings is 1. The summed E-state index contributed by atoms with van der Waals surface area (Å²) < 4.78 is 2.14.